The van der Waals surface area contributed by atoms with Gasteiger partial charge in [0.05, 0.1) is 30.5 Å². The average molecular weight is 332 g/mol. The minimum absolute atomic E-state index is 0.0213. The number of rotatable bonds is 6. The zero-order valence-electron chi connectivity index (χ0n) is 14.1. The number of aryl methyl sites for hydroxylation is 1. The van der Waals surface area contributed by atoms with E-state index < -0.39 is 0 Å². The molecule has 0 aliphatic carbocycles. The number of nitriles is 1. The van der Waals surface area contributed by atoms with Crippen LogP contribution in [0, 0.1) is 18.3 Å². The quantitative estimate of drug-likeness (QED) is 0.726. The molecule has 0 atom stereocenters. The monoisotopic (exact) mass is 332 g/mol. The van der Waals surface area contributed by atoms with Gasteiger partial charge in [0, 0.05) is 18.2 Å². The summed E-state index contributed by atoms with van der Waals surface area (Å²) < 4.78 is 1.77. The van der Waals surface area contributed by atoms with Gasteiger partial charge in [0.2, 0.25) is 0 Å². The van der Waals surface area contributed by atoms with Crippen LogP contribution in [0.3, 0.4) is 0 Å². The summed E-state index contributed by atoms with van der Waals surface area (Å²) in [6, 6.07) is 19.7. The maximum atomic E-state index is 9.31. The van der Waals surface area contributed by atoms with E-state index in [2.05, 4.69) is 29.5 Å². The van der Waals surface area contributed by atoms with Crippen LogP contribution in [0.15, 0.2) is 54.6 Å². The van der Waals surface area contributed by atoms with Crippen LogP contribution in [0.25, 0.3) is 11.3 Å². The van der Waals surface area contributed by atoms with Crippen molar-refractivity contribution in [3.63, 3.8) is 0 Å². The molecule has 3 rings (SSSR count). The molecule has 126 valence electrons. The molecule has 0 spiro atoms. The fourth-order valence-corrected chi connectivity index (χ4v) is 2.76. The van der Waals surface area contributed by atoms with Gasteiger partial charge in [-0.25, -0.2) is 4.68 Å². The predicted molar refractivity (Wildman–Crippen MR) is 98.0 cm³/mol. The van der Waals surface area contributed by atoms with E-state index in [1.54, 1.807) is 10.7 Å². The summed E-state index contributed by atoms with van der Waals surface area (Å²) in [6.07, 6.45) is 0. The van der Waals surface area contributed by atoms with E-state index in [1.165, 1.54) is 0 Å². The molecule has 1 heterocycles. The summed E-state index contributed by atoms with van der Waals surface area (Å²) in [5.74, 6) is 0.842. The Morgan fingerprint density at radius 2 is 2.00 bits per heavy atom. The van der Waals surface area contributed by atoms with Gasteiger partial charge >= 0.3 is 0 Å². The van der Waals surface area contributed by atoms with Crippen LogP contribution in [-0.2, 0) is 13.1 Å². The molecule has 2 N–H and O–H groups in total. The fraction of sp³-hybridized carbons (Fsp3) is 0.200. The number of hydrogen-bond acceptors (Lipinski definition) is 4. The number of benzene rings is 2. The normalized spacial score (nSPS) is 10.4. The van der Waals surface area contributed by atoms with Crippen molar-refractivity contribution in [1.82, 2.24) is 9.78 Å². The van der Waals surface area contributed by atoms with Crippen molar-refractivity contribution in [2.24, 2.45) is 0 Å². The molecule has 3 aromatic rings. The number of hydrogen-bond donors (Lipinski definition) is 2. The first kappa shape index (κ1) is 16.7. The van der Waals surface area contributed by atoms with Gasteiger partial charge in [-0.05, 0) is 30.2 Å². The Hall–Kier alpha value is -3.10. The van der Waals surface area contributed by atoms with E-state index in [9.17, 15) is 5.11 Å². The van der Waals surface area contributed by atoms with Gasteiger partial charge in [-0.15, -0.1) is 0 Å². The highest BCUT2D eigenvalue weighted by molar-refractivity contribution is 5.66. The Kier molecular flexibility index (Phi) is 5.12. The zero-order chi connectivity index (χ0) is 17.6. The van der Waals surface area contributed by atoms with Gasteiger partial charge in [-0.2, -0.15) is 10.4 Å². The van der Waals surface area contributed by atoms with E-state index in [4.69, 9.17) is 5.26 Å². The maximum Gasteiger partial charge on any atom is 0.125 e. The van der Waals surface area contributed by atoms with Gasteiger partial charge in [0.15, 0.2) is 0 Å². The second kappa shape index (κ2) is 7.65. The lowest BCUT2D eigenvalue weighted by atomic mass is 10.1. The SMILES string of the molecule is Cc1ccccc1-c1cc(NCc2cccc(C#N)c2)n(CCO)n1. The molecule has 0 amide bonds. The van der Waals surface area contributed by atoms with E-state index in [1.807, 2.05) is 42.5 Å². The summed E-state index contributed by atoms with van der Waals surface area (Å²) in [5, 5.41) is 26.3. The molecule has 25 heavy (non-hydrogen) atoms. The smallest absolute Gasteiger partial charge is 0.125 e. The van der Waals surface area contributed by atoms with Gasteiger partial charge in [0.25, 0.3) is 0 Å². The first-order chi connectivity index (χ1) is 12.2. The van der Waals surface area contributed by atoms with Crippen molar-refractivity contribution < 1.29 is 5.11 Å². The molecule has 0 unspecified atom stereocenters. The van der Waals surface area contributed by atoms with Crippen molar-refractivity contribution in [3.05, 3.63) is 71.3 Å². The fourth-order valence-electron chi connectivity index (χ4n) is 2.76. The first-order valence-corrected chi connectivity index (χ1v) is 8.19. The highest BCUT2D eigenvalue weighted by Crippen LogP contribution is 2.25. The number of aromatic nitrogens is 2. The third-order valence-corrected chi connectivity index (χ3v) is 4.04. The summed E-state index contributed by atoms with van der Waals surface area (Å²) in [4.78, 5) is 0. The number of nitrogens with one attached hydrogen (secondary N) is 1. The van der Waals surface area contributed by atoms with Crippen molar-refractivity contribution in [2.75, 3.05) is 11.9 Å². The molecule has 0 bridgehead atoms. The number of nitrogens with zero attached hydrogens (tertiary/aromatic N) is 3. The molecule has 0 aliphatic heterocycles. The van der Waals surface area contributed by atoms with E-state index in [0.717, 1.165) is 28.2 Å². The van der Waals surface area contributed by atoms with E-state index >= 15 is 0 Å². The van der Waals surface area contributed by atoms with Crippen LogP contribution in [0.4, 0.5) is 5.82 Å². The maximum absolute atomic E-state index is 9.31. The van der Waals surface area contributed by atoms with Crippen molar-refractivity contribution in [1.29, 1.82) is 5.26 Å². The Balaban J connectivity index is 1.85. The van der Waals surface area contributed by atoms with E-state index in [0.29, 0.717) is 18.7 Å². The summed E-state index contributed by atoms with van der Waals surface area (Å²) in [5.41, 5.74) is 4.77. The minimum atomic E-state index is 0.0213. The second-order valence-electron chi connectivity index (χ2n) is 5.84. The van der Waals surface area contributed by atoms with Crippen LogP contribution < -0.4 is 5.32 Å². The molecule has 0 radical (unpaired) electrons. The number of aliphatic hydroxyl groups excluding tert-OH is 1. The summed E-state index contributed by atoms with van der Waals surface area (Å²) in [7, 11) is 0. The topological polar surface area (TPSA) is 73.9 Å². The third-order valence-electron chi connectivity index (χ3n) is 4.04. The molecule has 1 aromatic heterocycles. The lowest BCUT2D eigenvalue weighted by molar-refractivity contribution is 0.270. The van der Waals surface area contributed by atoms with Gasteiger partial charge in [-0.3, -0.25) is 0 Å². The Labute approximate surface area is 147 Å². The molecule has 0 saturated heterocycles. The molecule has 0 saturated carbocycles. The largest absolute Gasteiger partial charge is 0.394 e. The number of anilines is 1. The molecule has 0 fully saturated rings. The Bertz CT molecular complexity index is 908. The highest BCUT2D eigenvalue weighted by Gasteiger charge is 2.11. The summed E-state index contributed by atoms with van der Waals surface area (Å²) >= 11 is 0. The van der Waals surface area contributed by atoms with Crippen molar-refractivity contribution in [3.8, 4) is 17.3 Å². The summed E-state index contributed by atoms with van der Waals surface area (Å²) in [6.45, 7) is 3.08. The lowest BCUT2D eigenvalue weighted by Gasteiger charge is -2.08. The van der Waals surface area contributed by atoms with E-state index in [-0.39, 0.29) is 6.61 Å². The van der Waals surface area contributed by atoms with Crippen LogP contribution >= 0.6 is 0 Å². The van der Waals surface area contributed by atoms with Gasteiger partial charge < -0.3 is 10.4 Å². The van der Waals surface area contributed by atoms with Crippen molar-refractivity contribution in [2.45, 2.75) is 20.0 Å². The molecule has 2 aromatic carbocycles. The van der Waals surface area contributed by atoms with Crippen molar-refractivity contribution >= 4 is 5.82 Å². The molecular formula is C20H20N4O. The van der Waals surface area contributed by atoms with Gasteiger partial charge in [0.1, 0.15) is 5.82 Å². The highest BCUT2D eigenvalue weighted by atomic mass is 16.3. The van der Waals surface area contributed by atoms with Crippen LogP contribution in [-0.4, -0.2) is 21.5 Å². The minimum Gasteiger partial charge on any atom is -0.394 e. The second-order valence-corrected chi connectivity index (χ2v) is 5.84. The zero-order valence-corrected chi connectivity index (χ0v) is 14.1. The molecule has 5 heteroatoms. The first-order valence-electron chi connectivity index (χ1n) is 8.19. The van der Waals surface area contributed by atoms with Gasteiger partial charge in [-0.1, -0.05) is 36.4 Å². The van der Waals surface area contributed by atoms with Crippen LogP contribution in [0.5, 0.6) is 0 Å². The standard InChI is InChI=1S/C20H20N4O/c1-15-5-2-3-8-18(15)19-12-20(24(23-19)9-10-25)22-14-17-7-4-6-16(11-17)13-21/h2-8,11-12,22,25H,9-10,14H2,1H3. The third kappa shape index (κ3) is 3.87. The Morgan fingerprint density at radius 3 is 2.76 bits per heavy atom. The average Bonchev–Trinajstić information content (AvgIpc) is 3.03. The molecular weight excluding hydrogens is 312 g/mol. The predicted octanol–water partition coefficient (Wildman–Crippen LogP) is 3.33. The van der Waals surface area contributed by atoms with Crippen LogP contribution in [0.2, 0.25) is 0 Å². The lowest BCUT2D eigenvalue weighted by Crippen LogP contribution is -2.10. The number of aliphatic hydroxyl groups is 1. The van der Waals surface area contributed by atoms with Crippen LogP contribution in [0.1, 0.15) is 16.7 Å². The molecule has 5 nitrogen and oxygen atoms in total. The molecule has 0 aliphatic rings. The Morgan fingerprint density at radius 1 is 1.16 bits per heavy atom.